The number of nitrogens with two attached hydrogens (primary N) is 2. The van der Waals surface area contributed by atoms with Crippen molar-refractivity contribution in [3.8, 4) is 0 Å². The van der Waals surface area contributed by atoms with E-state index in [9.17, 15) is 9.59 Å². The molecular weight excluding hydrogens is 216 g/mol. The van der Waals surface area contributed by atoms with Gasteiger partial charge in [0.25, 0.3) is 0 Å². The Morgan fingerprint density at radius 2 is 1.76 bits per heavy atom. The zero-order chi connectivity index (χ0) is 12.4. The summed E-state index contributed by atoms with van der Waals surface area (Å²) in [5.41, 5.74) is 12.4. The van der Waals surface area contributed by atoms with E-state index < -0.39 is 5.92 Å². The van der Waals surface area contributed by atoms with E-state index in [-0.39, 0.29) is 11.6 Å². The van der Waals surface area contributed by atoms with Crippen LogP contribution in [0, 0.1) is 5.92 Å². The van der Waals surface area contributed by atoms with Gasteiger partial charge < -0.3 is 11.5 Å². The van der Waals surface area contributed by atoms with Crippen LogP contribution < -0.4 is 11.5 Å². The molecule has 2 rings (SSSR count). The van der Waals surface area contributed by atoms with Gasteiger partial charge in [0.1, 0.15) is 5.92 Å². The first-order valence-corrected chi connectivity index (χ1v) is 5.17. The first-order valence-electron chi connectivity index (χ1n) is 5.17. The molecule has 0 bridgehead atoms. The number of carbonyl (C=O) groups excluding carboxylic acids is 2. The topological polar surface area (TPSA) is 86.2 Å². The molecule has 0 heterocycles. The summed E-state index contributed by atoms with van der Waals surface area (Å²) in [5, 5.41) is 0. The largest absolute Gasteiger partial charge is 0.399 e. The zero-order valence-corrected chi connectivity index (χ0v) is 9.09. The summed E-state index contributed by atoms with van der Waals surface area (Å²) in [5.74, 6) is -1.30. The number of benzene rings is 1. The second kappa shape index (κ2) is 4.25. The van der Waals surface area contributed by atoms with Crippen LogP contribution in [0.1, 0.15) is 10.4 Å². The Kier molecular flexibility index (Phi) is 2.78. The van der Waals surface area contributed by atoms with Crippen molar-refractivity contribution in [2.24, 2.45) is 11.7 Å². The van der Waals surface area contributed by atoms with E-state index in [2.05, 4.69) is 0 Å². The van der Waals surface area contributed by atoms with Gasteiger partial charge in [-0.2, -0.15) is 0 Å². The van der Waals surface area contributed by atoms with Crippen LogP contribution in [0.25, 0.3) is 0 Å². The molecular formula is C13H12N2O2. The molecule has 17 heavy (non-hydrogen) atoms. The third-order valence-corrected chi connectivity index (χ3v) is 2.57. The van der Waals surface area contributed by atoms with Crippen LogP contribution in [0.15, 0.2) is 48.2 Å². The van der Waals surface area contributed by atoms with Gasteiger partial charge in [-0.1, -0.05) is 6.08 Å². The Hall–Kier alpha value is -2.36. The lowest BCUT2D eigenvalue weighted by Gasteiger charge is -2.12. The van der Waals surface area contributed by atoms with E-state index in [0.29, 0.717) is 16.9 Å². The zero-order valence-electron chi connectivity index (χ0n) is 9.09. The minimum Gasteiger partial charge on any atom is -0.399 e. The molecule has 0 amide bonds. The number of nitrogen functional groups attached to an aromatic ring is 1. The first kappa shape index (κ1) is 11.1. The molecule has 0 aliphatic heterocycles. The van der Waals surface area contributed by atoms with E-state index >= 15 is 0 Å². The average molecular weight is 228 g/mol. The van der Waals surface area contributed by atoms with Crippen LogP contribution in [0.5, 0.6) is 0 Å². The highest BCUT2D eigenvalue weighted by Crippen LogP contribution is 2.17. The van der Waals surface area contributed by atoms with Crippen molar-refractivity contribution in [1.82, 2.24) is 0 Å². The van der Waals surface area contributed by atoms with Crippen LogP contribution in [-0.4, -0.2) is 11.6 Å². The molecule has 4 heteroatoms. The summed E-state index contributed by atoms with van der Waals surface area (Å²) in [7, 11) is 0. The van der Waals surface area contributed by atoms with Gasteiger partial charge in [-0.05, 0) is 30.3 Å². The molecule has 86 valence electrons. The molecule has 0 aromatic heterocycles. The van der Waals surface area contributed by atoms with Gasteiger partial charge in [0.05, 0.1) is 0 Å². The van der Waals surface area contributed by atoms with Crippen molar-refractivity contribution in [2.75, 3.05) is 5.73 Å². The molecule has 0 radical (unpaired) electrons. The maximum absolute atomic E-state index is 12.0. The fourth-order valence-electron chi connectivity index (χ4n) is 1.65. The molecule has 4 nitrogen and oxygen atoms in total. The van der Waals surface area contributed by atoms with Gasteiger partial charge in [-0.25, -0.2) is 0 Å². The Labute approximate surface area is 98.6 Å². The van der Waals surface area contributed by atoms with Crippen LogP contribution in [0.3, 0.4) is 0 Å². The quantitative estimate of drug-likeness (QED) is 0.450. The molecule has 4 N–H and O–H groups in total. The number of ketones is 2. The van der Waals surface area contributed by atoms with Gasteiger partial charge in [0, 0.05) is 23.0 Å². The third kappa shape index (κ3) is 2.25. The second-order valence-electron chi connectivity index (χ2n) is 3.87. The number of hydrogen-bond acceptors (Lipinski definition) is 4. The maximum atomic E-state index is 12.0. The van der Waals surface area contributed by atoms with Gasteiger partial charge in [-0.15, -0.1) is 0 Å². The third-order valence-electron chi connectivity index (χ3n) is 2.57. The molecule has 1 aromatic rings. The standard InChI is InChI=1S/C13H12N2O2/c14-9-3-1-8(2-4-9)13(17)11-6-5-10(15)7-12(11)16/h1-7,11H,14-15H2. The minimum atomic E-state index is -0.772. The molecule has 1 unspecified atom stereocenters. The fraction of sp³-hybridized carbons (Fsp3) is 0.0769. The fourth-order valence-corrected chi connectivity index (χ4v) is 1.65. The number of allylic oxidation sites excluding steroid dienone is 3. The van der Waals surface area contributed by atoms with Crippen LogP contribution >= 0.6 is 0 Å². The van der Waals surface area contributed by atoms with Gasteiger partial charge in [-0.3, -0.25) is 9.59 Å². The molecule has 0 fully saturated rings. The van der Waals surface area contributed by atoms with Gasteiger partial charge >= 0.3 is 0 Å². The van der Waals surface area contributed by atoms with Crippen LogP contribution in [0.4, 0.5) is 5.69 Å². The lowest BCUT2D eigenvalue weighted by molar-refractivity contribution is -0.115. The van der Waals surface area contributed by atoms with Crippen LogP contribution in [0.2, 0.25) is 0 Å². The highest BCUT2D eigenvalue weighted by molar-refractivity contribution is 6.16. The Morgan fingerprint density at radius 1 is 1.12 bits per heavy atom. The number of hydrogen-bond donors (Lipinski definition) is 2. The van der Waals surface area contributed by atoms with Crippen molar-refractivity contribution in [3.63, 3.8) is 0 Å². The summed E-state index contributed by atoms with van der Waals surface area (Å²) < 4.78 is 0. The molecule has 1 atom stereocenters. The summed E-state index contributed by atoms with van der Waals surface area (Å²) >= 11 is 0. The lowest BCUT2D eigenvalue weighted by atomic mass is 9.90. The van der Waals surface area contributed by atoms with Gasteiger partial charge in [0.2, 0.25) is 0 Å². The van der Waals surface area contributed by atoms with E-state index in [1.807, 2.05) is 0 Å². The highest BCUT2D eigenvalue weighted by atomic mass is 16.1. The SMILES string of the molecule is NC1=CC(=O)C(C(=O)c2ccc(N)cc2)C=C1. The molecule has 0 spiro atoms. The summed E-state index contributed by atoms with van der Waals surface area (Å²) in [6, 6.07) is 6.49. The Balaban J connectivity index is 2.25. The maximum Gasteiger partial charge on any atom is 0.177 e. The first-order chi connectivity index (χ1) is 8.08. The van der Waals surface area contributed by atoms with E-state index in [1.165, 1.54) is 12.2 Å². The smallest absolute Gasteiger partial charge is 0.177 e. The number of rotatable bonds is 2. The molecule has 0 saturated carbocycles. The lowest BCUT2D eigenvalue weighted by Crippen LogP contribution is -2.24. The molecule has 1 aromatic carbocycles. The van der Waals surface area contributed by atoms with Crippen molar-refractivity contribution in [2.45, 2.75) is 0 Å². The normalized spacial score (nSPS) is 18.9. The Morgan fingerprint density at radius 3 is 2.35 bits per heavy atom. The van der Waals surface area contributed by atoms with Gasteiger partial charge in [0.15, 0.2) is 11.6 Å². The molecule has 0 saturated heterocycles. The van der Waals surface area contributed by atoms with E-state index in [1.54, 1.807) is 30.3 Å². The summed E-state index contributed by atoms with van der Waals surface area (Å²) in [6.45, 7) is 0. The molecule has 1 aliphatic rings. The monoisotopic (exact) mass is 228 g/mol. The minimum absolute atomic E-state index is 0.241. The average Bonchev–Trinajstić information content (AvgIpc) is 2.29. The van der Waals surface area contributed by atoms with Crippen molar-refractivity contribution < 1.29 is 9.59 Å². The van der Waals surface area contributed by atoms with Crippen molar-refractivity contribution in [3.05, 3.63) is 53.8 Å². The van der Waals surface area contributed by atoms with Crippen molar-refractivity contribution >= 4 is 17.3 Å². The number of carbonyl (C=O) groups is 2. The van der Waals surface area contributed by atoms with Crippen molar-refractivity contribution in [1.29, 1.82) is 0 Å². The number of Topliss-reactive ketones (excluding diaryl/α,β-unsaturated/α-hetero) is 1. The summed E-state index contributed by atoms with van der Waals surface area (Å²) in [4.78, 5) is 23.7. The van der Waals surface area contributed by atoms with E-state index in [0.717, 1.165) is 0 Å². The van der Waals surface area contributed by atoms with Crippen LogP contribution in [-0.2, 0) is 4.79 Å². The van der Waals surface area contributed by atoms with E-state index in [4.69, 9.17) is 11.5 Å². The molecule has 1 aliphatic carbocycles. The highest BCUT2D eigenvalue weighted by Gasteiger charge is 2.25. The number of anilines is 1. The summed E-state index contributed by atoms with van der Waals surface area (Å²) in [6.07, 6.45) is 4.37. The second-order valence-corrected chi connectivity index (χ2v) is 3.87. The Bertz CT molecular complexity index is 527. The predicted molar refractivity (Wildman–Crippen MR) is 65.1 cm³/mol. The predicted octanol–water partition coefficient (Wildman–Crippen LogP) is 1.05.